The molecule has 0 aliphatic carbocycles. The minimum atomic E-state index is 0.722. The van der Waals surface area contributed by atoms with E-state index in [-0.39, 0.29) is 0 Å². The molecule has 1 aliphatic rings. The van der Waals surface area contributed by atoms with Gasteiger partial charge in [0.25, 0.3) is 0 Å². The number of hydrogen-bond donors (Lipinski definition) is 1. The number of hydrogen-bond acceptors (Lipinski definition) is 3. The van der Waals surface area contributed by atoms with Crippen molar-refractivity contribution in [2.45, 2.75) is 19.0 Å². The summed E-state index contributed by atoms with van der Waals surface area (Å²) in [5, 5.41) is 3.59. The molecule has 0 spiro atoms. The van der Waals surface area contributed by atoms with Gasteiger partial charge in [-0.3, -0.25) is 0 Å². The molecule has 78 valence electrons. The monoisotopic (exact) mass is 355 g/mol. The summed E-state index contributed by atoms with van der Waals surface area (Å²) in [7, 11) is 0. The van der Waals surface area contributed by atoms with Gasteiger partial charge < -0.3 is 5.32 Å². The predicted octanol–water partition coefficient (Wildman–Crippen LogP) is 3.87. The van der Waals surface area contributed by atoms with Crippen molar-refractivity contribution in [2.75, 3.05) is 11.5 Å². The average molecular weight is 357 g/mol. The molecule has 2 rings (SSSR count). The lowest BCUT2D eigenvalue weighted by Crippen LogP contribution is -2.27. The highest BCUT2D eigenvalue weighted by Gasteiger charge is 2.14. The molecule has 1 nitrogen and oxygen atoms in total. The van der Waals surface area contributed by atoms with Crippen LogP contribution in [0, 0.1) is 0 Å². The molecule has 1 N–H and O–H groups in total. The van der Waals surface area contributed by atoms with E-state index in [0.717, 1.165) is 12.6 Å². The fourth-order valence-electron chi connectivity index (χ4n) is 1.42. The number of halogens is 2. The van der Waals surface area contributed by atoms with Crippen molar-refractivity contribution in [1.82, 2.24) is 5.32 Å². The van der Waals surface area contributed by atoms with Gasteiger partial charge in [-0.05, 0) is 50.1 Å². The standard InChI is InChI=1S/C9H11Br2NS2/c10-8-3-7(14-9(8)11)4-12-6-1-2-13-5-6/h3,6,12H,1-2,4-5H2. The van der Waals surface area contributed by atoms with E-state index >= 15 is 0 Å². The molecule has 1 fully saturated rings. The van der Waals surface area contributed by atoms with Crippen molar-refractivity contribution in [2.24, 2.45) is 0 Å². The summed E-state index contributed by atoms with van der Waals surface area (Å²) < 4.78 is 2.36. The van der Waals surface area contributed by atoms with Crippen LogP contribution in [0.2, 0.25) is 0 Å². The molecule has 1 unspecified atom stereocenters. The Hall–Kier alpha value is 0.970. The zero-order valence-electron chi connectivity index (χ0n) is 7.56. The fraction of sp³-hybridized carbons (Fsp3) is 0.556. The number of nitrogens with one attached hydrogen (secondary N) is 1. The summed E-state index contributed by atoms with van der Waals surface area (Å²) in [6.07, 6.45) is 1.32. The third-order valence-electron chi connectivity index (χ3n) is 2.19. The lowest BCUT2D eigenvalue weighted by Gasteiger charge is -2.08. The molecular weight excluding hydrogens is 346 g/mol. The molecule has 0 aromatic carbocycles. The molecule has 1 saturated heterocycles. The topological polar surface area (TPSA) is 12.0 Å². The lowest BCUT2D eigenvalue weighted by atomic mass is 10.2. The van der Waals surface area contributed by atoms with E-state index in [1.165, 1.54) is 31.1 Å². The van der Waals surface area contributed by atoms with E-state index in [2.05, 4.69) is 43.2 Å². The van der Waals surface area contributed by atoms with Gasteiger partial charge in [0.15, 0.2) is 0 Å². The second kappa shape index (κ2) is 5.34. The van der Waals surface area contributed by atoms with Crippen LogP contribution in [0.25, 0.3) is 0 Å². The Morgan fingerprint density at radius 3 is 2.93 bits per heavy atom. The first-order chi connectivity index (χ1) is 6.75. The van der Waals surface area contributed by atoms with Crippen LogP contribution in [-0.2, 0) is 6.54 Å². The van der Waals surface area contributed by atoms with Gasteiger partial charge in [-0.2, -0.15) is 11.8 Å². The molecule has 5 heteroatoms. The van der Waals surface area contributed by atoms with Gasteiger partial charge in [-0.15, -0.1) is 11.3 Å². The number of thioether (sulfide) groups is 1. The number of rotatable bonds is 3. The SMILES string of the molecule is Brc1cc(CNC2CCSC2)sc1Br. The van der Waals surface area contributed by atoms with Gasteiger partial charge >= 0.3 is 0 Å². The summed E-state index contributed by atoms with van der Waals surface area (Å²) in [6.45, 7) is 1.00. The lowest BCUT2D eigenvalue weighted by molar-refractivity contribution is 0.561. The van der Waals surface area contributed by atoms with Crippen molar-refractivity contribution >= 4 is 55.0 Å². The van der Waals surface area contributed by atoms with Gasteiger partial charge in [0, 0.05) is 27.7 Å². The Labute approximate surface area is 109 Å². The Morgan fingerprint density at radius 1 is 1.50 bits per heavy atom. The molecule has 1 aromatic rings. The highest BCUT2D eigenvalue weighted by atomic mass is 79.9. The zero-order chi connectivity index (χ0) is 9.97. The van der Waals surface area contributed by atoms with Crippen LogP contribution in [0.3, 0.4) is 0 Å². The summed E-state index contributed by atoms with van der Waals surface area (Å²) in [5.74, 6) is 2.59. The van der Waals surface area contributed by atoms with E-state index in [4.69, 9.17) is 0 Å². The maximum absolute atomic E-state index is 3.59. The quantitative estimate of drug-likeness (QED) is 0.882. The molecule has 1 aromatic heterocycles. The van der Waals surface area contributed by atoms with Crippen molar-refractivity contribution in [3.8, 4) is 0 Å². The van der Waals surface area contributed by atoms with E-state index in [0.29, 0.717) is 0 Å². The van der Waals surface area contributed by atoms with Gasteiger partial charge in [0.2, 0.25) is 0 Å². The second-order valence-corrected chi connectivity index (χ2v) is 7.73. The first-order valence-corrected chi connectivity index (χ1v) is 8.06. The maximum Gasteiger partial charge on any atom is 0.0843 e. The predicted molar refractivity (Wildman–Crippen MR) is 72.3 cm³/mol. The van der Waals surface area contributed by atoms with Gasteiger partial charge in [0.05, 0.1) is 3.79 Å². The van der Waals surface area contributed by atoms with Gasteiger partial charge in [-0.25, -0.2) is 0 Å². The molecule has 0 bridgehead atoms. The minimum Gasteiger partial charge on any atom is -0.308 e. The average Bonchev–Trinajstić information content (AvgIpc) is 2.74. The van der Waals surface area contributed by atoms with Crippen molar-refractivity contribution in [3.05, 3.63) is 19.2 Å². The second-order valence-electron chi connectivity index (χ2n) is 3.28. The van der Waals surface area contributed by atoms with Crippen molar-refractivity contribution < 1.29 is 0 Å². The van der Waals surface area contributed by atoms with E-state index in [9.17, 15) is 0 Å². The molecule has 0 radical (unpaired) electrons. The Balaban J connectivity index is 1.85. The van der Waals surface area contributed by atoms with Gasteiger partial charge in [0.1, 0.15) is 0 Å². The van der Waals surface area contributed by atoms with Crippen LogP contribution in [0.15, 0.2) is 14.3 Å². The molecule has 1 aliphatic heterocycles. The normalized spacial score (nSPS) is 21.7. The van der Waals surface area contributed by atoms with Crippen molar-refractivity contribution in [1.29, 1.82) is 0 Å². The fourth-order valence-corrected chi connectivity index (χ4v) is 4.73. The first kappa shape index (κ1) is 11.5. The zero-order valence-corrected chi connectivity index (χ0v) is 12.4. The first-order valence-electron chi connectivity index (χ1n) is 4.50. The summed E-state index contributed by atoms with van der Waals surface area (Å²) in [6, 6.07) is 2.91. The molecule has 0 amide bonds. The highest BCUT2D eigenvalue weighted by molar-refractivity contribution is 9.13. The van der Waals surface area contributed by atoms with Crippen LogP contribution >= 0.6 is 55.0 Å². The van der Waals surface area contributed by atoms with Crippen LogP contribution in [0.1, 0.15) is 11.3 Å². The molecule has 1 atom stereocenters. The third kappa shape index (κ3) is 2.98. The van der Waals surface area contributed by atoms with Crippen LogP contribution in [0.5, 0.6) is 0 Å². The van der Waals surface area contributed by atoms with Crippen LogP contribution in [-0.4, -0.2) is 17.5 Å². The smallest absolute Gasteiger partial charge is 0.0843 e. The van der Waals surface area contributed by atoms with Crippen LogP contribution in [0.4, 0.5) is 0 Å². The third-order valence-corrected chi connectivity index (χ3v) is 6.61. The summed E-state index contributed by atoms with van der Waals surface area (Å²) in [5.41, 5.74) is 0. The largest absolute Gasteiger partial charge is 0.308 e. The van der Waals surface area contributed by atoms with E-state index in [1.54, 1.807) is 11.3 Å². The Kier molecular flexibility index (Phi) is 4.37. The highest BCUT2D eigenvalue weighted by Crippen LogP contribution is 2.32. The Morgan fingerprint density at radius 2 is 2.36 bits per heavy atom. The molecule has 14 heavy (non-hydrogen) atoms. The summed E-state index contributed by atoms with van der Waals surface area (Å²) in [4.78, 5) is 1.39. The van der Waals surface area contributed by atoms with E-state index < -0.39 is 0 Å². The number of thiophene rings is 1. The van der Waals surface area contributed by atoms with Gasteiger partial charge in [-0.1, -0.05) is 0 Å². The van der Waals surface area contributed by atoms with Crippen molar-refractivity contribution in [3.63, 3.8) is 0 Å². The molecule has 2 heterocycles. The van der Waals surface area contributed by atoms with Crippen LogP contribution < -0.4 is 5.32 Å². The maximum atomic E-state index is 3.59. The summed E-state index contributed by atoms with van der Waals surface area (Å²) >= 11 is 10.9. The molecular formula is C9H11Br2NS2. The minimum absolute atomic E-state index is 0.722. The Bertz CT molecular complexity index is 288. The molecule has 0 saturated carbocycles. The van der Waals surface area contributed by atoms with E-state index in [1.807, 2.05) is 11.8 Å².